The Morgan fingerprint density at radius 1 is 0.267 bits per heavy atom. The van der Waals surface area contributed by atoms with Gasteiger partial charge in [0.25, 0.3) is 0 Å². The second kappa shape index (κ2) is 12.7. The van der Waals surface area contributed by atoms with Crippen LogP contribution < -0.4 is 9.80 Å². The van der Waals surface area contributed by atoms with Crippen molar-refractivity contribution in [3.8, 4) is 11.1 Å². The van der Waals surface area contributed by atoms with E-state index in [1.807, 2.05) is 0 Å². The van der Waals surface area contributed by atoms with Gasteiger partial charge in [0.15, 0.2) is 0 Å². The van der Waals surface area contributed by atoms with Crippen LogP contribution in [-0.2, 0) is 10.8 Å². The molecule has 0 saturated heterocycles. The standard InChI is InChI=1S/C58H44N2/c1-57(2)49-19-11-13-39-21-23-41-33-47(35-51(57)55(41)53(39)49)59(43-15-7-5-8-16-43)45-29-25-37(26-30-45)38-27-31-46(32-28-38)60(44-17-9-6-10-18-44)48-34-42-24-22-40-14-12-20-50-54(40)56(42)52(36-48)58(50,3)4/h5-36H,1-4H3. The first-order valence-corrected chi connectivity index (χ1v) is 21.2. The van der Waals surface area contributed by atoms with Gasteiger partial charge in [0.2, 0.25) is 0 Å². The van der Waals surface area contributed by atoms with E-state index in [4.69, 9.17) is 0 Å². The summed E-state index contributed by atoms with van der Waals surface area (Å²) in [5.41, 5.74) is 14.7. The van der Waals surface area contributed by atoms with E-state index in [-0.39, 0.29) is 10.8 Å². The van der Waals surface area contributed by atoms with E-state index < -0.39 is 0 Å². The van der Waals surface area contributed by atoms with Gasteiger partial charge < -0.3 is 9.80 Å². The number of rotatable bonds is 7. The van der Waals surface area contributed by atoms with Crippen LogP contribution in [0.1, 0.15) is 49.9 Å². The SMILES string of the molecule is CC1(C)c2cccc3ccc4cc(N(c5ccccc5)c5ccc(-c6ccc(N(c7ccccc7)c7cc8c9c(ccc%10cccc(c%109)C8(C)C)c7)cc6)cc5)cc1c4c23. The first-order valence-electron chi connectivity index (χ1n) is 21.2. The summed E-state index contributed by atoms with van der Waals surface area (Å²) in [6.45, 7) is 9.50. The van der Waals surface area contributed by atoms with E-state index in [1.54, 1.807) is 0 Å². The van der Waals surface area contributed by atoms with Gasteiger partial charge >= 0.3 is 0 Å². The summed E-state index contributed by atoms with van der Waals surface area (Å²) in [5.74, 6) is 0. The summed E-state index contributed by atoms with van der Waals surface area (Å²) in [4.78, 5) is 4.81. The van der Waals surface area contributed by atoms with Crippen molar-refractivity contribution in [3.05, 3.63) is 216 Å². The Bertz CT molecular complexity index is 3120. The van der Waals surface area contributed by atoms with Crippen LogP contribution in [0.25, 0.3) is 54.2 Å². The van der Waals surface area contributed by atoms with E-state index in [1.165, 1.54) is 87.8 Å². The van der Waals surface area contributed by atoms with Crippen LogP contribution >= 0.6 is 0 Å². The fourth-order valence-electron chi connectivity index (χ4n) is 10.7. The first kappa shape index (κ1) is 34.8. The zero-order valence-electron chi connectivity index (χ0n) is 34.4. The Hall–Kier alpha value is -7.16. The number of anilines is 6. The molecule has 0 spiro atoms. The maximum absolute atomic E-state index is 2.43. The highest BCUT2D eigenvalue weighted by molar-refractivity contribution is 6.17. The molecule has 12 rings (SSSR count). The molecule has 2 aliphatic carbocycles. The summed E-state index contributed by atoms with van der Waals surface area (Å²) in [6, 6.07) is 72.0. The van der Waals surface area contributed by atoms with E-state index in [0.717, 1.165) is 22.7 Å². The molecule has 10 aromatic rings. The summed E-state index contributed by atoms with van der Waals surface area (Å²) in [7, 11) is 0. The molecule has 0 fully saturated rings. The fraction of sp³-hybridized carbons (Fsp3) is 0.103. The molecule has 0 atom stereocenters. The number of benzene rings is 10. The van der Waals surface area contributed by atoms with Gasteiger partial charge in [-0.05, 0) is 149 Å². The molecular formula is C58H44N2. The molecule has 0 N–H and O–H groups in total. The van der Waals surface area contributed by atoms with Crippen molar-refractivity contribution in [1.29, 1.82) is 0 Å². The molecule has 0 radical (unpaired) electrons. The van der Waals surface area contributed by atoms with Crippen LogP contribution in [0.4, 0.5) is 34.1 Å². The van der Waals surface area contributed by atoms with Crippen molar-refractivity contribution in [2.24, 2.45) is 0 Å². The van der Waals surface area contributed by atoms with Gasteiger partial charge in [-0.3, -0.25) is 0 Å². The second-order valence-electron chi connectivity index (χ2n) is 17.8. The van der Waals surface area contributed by atoms with Crippen molar-refractivity contribution in [3.63, 3.8) is 0 Å². The molecule has 0 amide bonds. The highest BCUT2D eigenvalue weighted by Gasteiger charge is 2.36. The maximum Gasteiger partial charge on any atom is 0.0471 e. The maximum atomic E-state index is 2.43. The van der Waals surface area contributed by atoms with Crippen molar-refractivity contribution in [2.75, 3.05) is 9.80 Å². The van der Waals surface area contributed by atoms with Crippen LogP contribution in [0.5, 0.6) is 0 Å². The number of para-hydroxylation sites is 2. The third kappa shape index (κ3) is 5.01. The Labute approximate surface area is 351 Å². The lowest BCUT2D eigenvalue weighted by atomic mass is 9.81. The Morgan fingerprint density at radius 3 is 1.02 bits per heavy atom. The molecule has 0 aliphatic heterocycles. The molecule has 60 heavy (non-hydrogen) atoms. The number of nitrogens with zero attached hydrogens (tertiary/aromatic N) is 2. The molecule has 2 nitrogen and oxygen atoms in total. The van der Waals surface area contributed by atoms with Crippen LogP contribution in [-0.4, -0.2) is 0 Å². The summed E-state index contributed by atoms with van der Waals surface area (Å²) in [6.07, 6.45) is 0. The van der Waals surface area contributed by atoms with Gasteiger partial charge in [-0.1, -0.05) is 149 Å². The summed E-state index contributed by atoms with van der Waals surface area (Å²) < 4.78 is 0. The van der Waals surface area contributed by atoms with Crippen molar-refractivity contribution >= 4 is 77.2 Å². The minimum Gasteiger partial charge on any atom is -0.310 e. The van der Waals surface area contributed by atoms with Crippen LogP contribution in [0.2, 0.25) is 0 Å². The average Bonchev–Trinajstić information content (AvgIpc) is 3.67. The molecule has 2 heteroatoms. The average molecular weight is 769 g/mol. The zero-order valence-corrected chi connectivity index (χ0v) is 34.4. The summed E-state index contributed by atoms with van der Waals surface area (Å²) in [5, 5.41) is 10.8. The van der Waals surface area contributed by atoms with Crippen molar-refractivity contribution in [2.45, 2.75) is 38.5 Å². The lowest BCUT2D eigenvalue weighted by Gasteiger charge is -2.29. The molecule has 286 valence electrons. The quantitative estimate of drug-likeness (QED) is 0.149. The molecule has 0 unspecified atom stereocenters. The minimum absolute atomic E-state index is 0.0908. The van der Waals surface area contributed by atoms with Crippen LogP contribution in [0, 0.1) is 0 Å². The third-order valence-electron chi connectivity index (χ3n) is 13.7. The smallest absolute Gasteiger partial charge is 0.0471 e. The fourth-order valence-corrected chi connectivity index (χ4v) is 10.7. The first-order chi connectivity index (χ1) is 29.3. The molecule has 10 aromatic carbocycles. The Kier molecular flexibility index (Phi) is 7.36. The van der Waals surface area contributed by atoms with E-state index in [0.29, 0.717) is 0 Å². The predicted octanol–water partition coefficient (Wildman–Crippen LogP) is 16.2. The summed E-state index contributed by atoms with van der Waals surface area (Å²) >= 11 is 0. The second-order valence-corrected chi connectivity index (χ2v) is 17.8. The minimum atomic E-state index is -0.0908. The van der Waals surface area contributed by atoms with E-state index >= 15 is 0 Å². The van der Waals surface area contributed by atoms with E-state index in [9.17, 15) is 0 Å². The number of hydrogen-bond acceptors (Lipinski definition) is 2. The topological polar surface area (TPSA) is 6.48 Å². The number of hydrogen-bond donors (Lipinski definition) is 0. The third-order valence-corrected chi connectivity index (χ3v) is 13.7. The van der Waals surface area contributed by atoms with Gasteiger partial charge in [-0.25, -0.2) is 0 Å². The van der Waals surface area contributed by atoms with Crippen LogP contribution in [0.15, 0.2) is 194 Å². The predicted molar refractivity (Wildman–Crippen MR) is 256 cm³/mol. The zero-order chi connectivity index (χ0) is 40.3. The molecule has 0 saturated carbocycles. The lowest BCUT2D eigenvalue weighted by molar-refractivity contribution is 0.662. The lowest BCUT2D eigenvalue weighted by Crippen LogP contribution is -2.17. The molecular weight excluding hydrogens is 725 g/mol. The van der Waals surface area contributed by atoms with Crippen molar-refractivity contribution in [1.82, 2.24) is 0 Å². The highest BCUT2D eigenvalue weighted by atomic mass is 15.1. The van der Waals surface area contributed by atoms with Gasteiger partial charge in [0.1, 0.15) is 0 Å². The largest absolute Gasteiger partial charge is 0.310 e. The van der Waals surface area contributed by atoms with E-state index in [2.05, 4.69) is 232 Å². The highest BCUT2D eigenvalue weighted by Crippen LogP contribution is 2.53. The van der Waals surface area contributed by atoms with Crippen LogP contribution in [0.3, 0.4) is 0 Å². The Balaban J connectivity index is 0.918. The Morgan fingerprint density at radius 2 is 0.617 bits per heavy atom. The normalized spacial score (nSPS) is 14.3. The van der Waals surface area contributed by atoms with Gasteiger partial charge in [0.05, 0.1) is 0 Å². The molecule has 0 heterocycles. The molecule has 0 bridgehead atoms. The molecule has 0 aromatic heterocycles. The van der Waals surface area contributed by atoms with Crippen molar-refractivity contribution < 1.29 is 0 Å². The van der Waals surface area contributed by atoms with Gasteiger partial charge in [-0.15, -0.1) is 0 Å². The molecule has 2 aliphatic rings. The monoisotopic (exact) mass is 768 g/mol. The van der Waals surface area contributed by atoms with Gasteiger partial charge in [-0.2, -0.15) is 0 Å². The van der Waals surface area contributed by atoms with Gasteiger partial charge in [0, 0.05) is 45.0 Å².